The molecule has 2 fully saturated rings. The lowest BCUT2D eigenvalue weighted by Crippen LogP contribution is -2.42. The van der Waals surface area contributed by atoms with Gasteiger partial charge in [0, 0.05) is 30.1 Å². The molecule has 1 aromatic carbocycles. The molecule has 0 aromatic heterocycles. The molecule has 31 heavy (non-hydrogen) atoms. The third-order valence-electron chi connectivity index (χ3n) is 7.71. The van der Waals surface area contributed by atoms with Gasteiger partial charge in [-0.25, -0.2) is 0 Å². The third-order valence-corrected chi connectivity index (χ3v) is 9.09. The van der Waals surface area contributed by atoms with Gasteiger partial charge in [-0.05, 0) is 73.2 Å². The number of phenols is 2. The van der Waals surface area contributed by atoms with Crippen molar-refractivity contribution >= 4 is 41.2 Å². The Morgan fingerprint density at radius 2 is 2.00 bits per heavy atom. The Morgan fingerprint density at radius 3 is 2.68 bits per heavy atom. The zero-order valence-corrected chi connectivity index (χ0v) is 19.5. The number of fused-ring (bicyclic) bond motifs is 5. The molecule has 0 unspecified atom stereocenters. The molecule has 168 valence electrons. The van der Waals surface area contributed by atoms with E-state index in [4.69, 9.17) is 0 Å². The smallest absolute Gasteiger partial charge is 0.217 e. The SMILES string of the molecule is CC(=O)N[C@@H](CS)C(=O)Sc1cc2c(c(O)c1O)CC[C@@H]1[C@@H]2CC[C@]2(C)C(=O)CC[C@@H]12. The molecule has 0 spiro atoms. The number of nitrogens with one attached hydrogen (secondary N) is 1. The molecule has 8 heteroatoms. The number of thioether (sulfide) groups is 1. The van der Waals surface area contributed by atoms with Gasteiger partial charge in [0.05, 0.1) is 4.90 Å². The van der Waals surface area contributed by atoms with Crippen LogP contribution in [0.2, 0.25) is 0 Å². The lowest BCUT2D eigenvalue weighted by Gasteiger charge is -2.48. The number of carbonyl (C=O) groups excluding carboxylic acids is 3. The first-order chi connectivity index (χ1) is 14.7. The van der Waals surface area contributed by atoms with Crippen LogP contribution in [0.25, 0.3) is 0 Å². The second-order valence-corrected chi connectivity index (χ2v) is 10.7. The molecule has 3 aliphatic rings. The van der Waals surface area contributed by atoms with Crippen LogP contribution in [0.3, 0.4) is 0 Å². The van der Waals surface area contributed by atoms with Crippen molar-refractivity contribution in [2.24, 2.45) is 17.3 Å². The Balaban J connectivity index is 1.65. The maximum Gasteiger partial charge on any atom is 0.217 e. The summed E-state index contributed by atoms with van der Waals surface area (Å²) in [6.07, 6.45) is 4.83. The average molecular weight is 464 g/mol. The molecule has 2 saturated carbocycles. The van der Waals surface area contributed by atoms with E-state index in [1.54, 1.807) is 0 Å². The molecule has 1 amide bonds. The predicted molar refractivity (Wildman–Crippen MR) is 122 cm³/mol. The highest BCUT2D eigenvalue weighted by Gasteiger charge is 2.54. The highest BCUT2D eigenvalue weighted by molar-refractivity contribution is 8.14. The Kier molecular flexibility index (Phi) is 6.07. The molecular weight excluding hydrogens is 434 g/mol. The summed E-state index contributed by atoms with van der Waals surface area (Å²) in [7, 11) is 0. The molecule has 5 atom stereocenters. The van der Waals surface area contributed by atoms with Gasteiger partial charge in [-0.3, -0.25) is 14.4 Å². The second-order valence-electron chi connectivity index (χ2n) is 9.33. The van der Waals surface area contributed by atoms with Crippen molar-refractivity contribution in [3.63, 3.8) is 0 Å². The van der Waals surface area contributed by atoms with Crippen LogP contribution in [0.15, 0.2) is 11.0 Å². The van der Waals surface area contributed by atoms with Crippen LogP contribution in [-0.2, 0) is 20.8 Å². The third kappa shape index (κ3) is 3.75. The number of benzene rings is 1. The maximum atomic E-state index is 12.7. The van der Waals surface area contributed by atoms with Crippen LogP contribution >= 0.6 is 24.4 Å². The first kappa shape index (κ1) is 22.5. The first-order valence-corrected chi connectivity index (χ1v) is 12.3. The van der Waals surface area contributed by atoms with E-state index in [1.165, 1.54) is 6.92 Å². The summed E-state index contributed by atoms with van der Waals surface area (Å²) >= 11 is 4.97. The zero-order valence-electron chi connectivity index (χ0n) is 17.8. The molecule has 0 bridgehead atoms. The Bertz CT molecular complexity index is 948. The number of hydrogen-bond donors (Lipinski definition) is 4. The van der Waals surface area contributed by atoms with E-state index >= 15 is 0 Å². The summed E-state index contributed by atoms with van der Waals surface area (Å²) in [4.78, 5) is 36.9. The van der Waals surface area contributed by atoms with E-state index in [1.807, 2.05) is 6.07 Å². The number of thiol groups is 1. The molecule has 3 aliphatic carbocycles. The minimum Gasteiger partial charge on any atom is -0.504 e. The van der Waals surface area contributed by atoms with Crippen molar-refractivity contribution in [3.05, 3.63) is 17.2 Å². The molecule has 3 N–H and O–H groups in total. The van der Waals surface area contributed by atoms with Crippen LogP contribution in [0.5, 0.6) is 11.5 Å². The minimum absolute atomic E-state index is 0.141. The molecule has 0 heterocycles. The van der Waals surface area contributed by atoms with Crippen LogP contribution in [0.4, 0.5) is 0 Å². The number of carbonyl (C=O) groups is 3. The maximum absolute atomic E-state index is 12.7. The quantitative estimate of drug-likeness (QED) is 0.309. The van der Waals surface area contributed by atoms with Crippen LogP contribution in [0.1, 0.15) is 63.0 Å². The van der Waals surface area contributed by atoms with Crippen LogP contribution in [0, 0.1) is 17.3 Å². The van der Waals surface area contributed by atoms with Crippen LogP contribution in [-0.4, -0.2) is 38.8 Å². The van der Waals surface area contributed by atoms with Gasteiger partial charge in [-0.15, -0.1) is 0 Å². The number of rotatable bonds is 4. The monoisotopic (exact) mass is 463 g/mol. The number of Topliss-reactive ketones (excluding diaryl/α,β-unsaturated/α-hetero) is 1. The van der Waals surface area contributed by atoms with E-state index in [0.717, 1.165) is 48.6 Å². The highest BCUT2D eigenvalue weighted by Crippen LogP contribution is 2.61. The molecule has 0 saturated heterocycles. The molecule has 1 aromatic rings. The minimum atomic E-state index is -0.781. The van der Waals surface area contributed by atoms with Crippen molar-refractivity contribution in [2.45, 2.75) is 69.2 Å². The number of amides is 1. The van der Waals surface area contributed by atoms with Crippen LogP contribution < -0.4 is 5.32 Å². The lowest BCUT2D eigenvalue weighted by atomic mass is 9.55. The fraction of sp³-hybridized carbons (Fsp3) is 0.609. The molecule has 4 rings (SSSR count). The zero-order chi connectivity index (χ0) is 22.5. The summed E-state index contributed by atoms with van der Waals surface area (Å²) in [6, 6.07) is 1.06. The van der Waals surface area contributed by atoms with E-state index < -0.39 is 6.04 Å². The fourth-order valence-electron chi connectivity index (χ4n) is 6.13. The lowest BCUT2D eigenvalue weighted by molar-refractivity contribution is -0.129. The Labute approximate surface area is 192 Å². The van der Waals surface area contributed by atoms with Crippen molar-refractivity contribution < 1.29 is 24.6 Å². The number of phenolic OH excluding ortho intramolecular Hbond substituents is 2. The van der Waals surface area contributed by atoms with Crippen molar-refractivity contribution in [2.75, 3.05) is 5.75 Å². The summed E-state index contributed by atoms with van der Waals surface area (Å²) in [6.45, 7) is 3.45. The summed E-state index contributed by atoms with van der Waals surface area (Å²) in [5, 5.41) is 23.5. The molecular formula is C23H29NO5S2. The van der Waals surface area contributed by atoms with E-state index in [-0.39, 0.29) is 39.6 Å². The fourth-order valence-corrected chi connectivity index (χ4v) is 7.39. The Morgan fingerprint density at radius 1 is 1.26 bits per heavy atom. The van der Waals surface area contributed by atoms with Gasteiger partial charge in [0.15, 0.2) is 11.5 Å². The summed E-state index contributed by atoms with van der Waals surface area (Å²) in [5.41, 5.74) is 1.52. The normalized spacial score (nSPS) is 30.2. The highest BCUT2D eigenvalue weighted by atomic mass is 32.2. The molecule has 0 radical (unpaired) electrons. The molecule has 0 aliphatic heterocycles. The predicted octanol–water partition coefficient (Wildman–Crippen LogP) is 3.58. The van der Waals surface area contributed by atoms with Gasteiger partial charge in [0.1, 0.15) is 11.8 Å². The number of aromatic hydroxyl groups is 2. The standard InChI is InChI=1S/C23H29NO5S2/c1-11(25)24-17(10-30)22(29)31-18-9-15-12-7-8-23(2)16(5-6-19(23)26)13(12)3-4-14(15)20(27)21(18)28/h9,12-13,16-17,27-28,30H,3-8,10H2,1-2H3,(H,24,25)/t12-,13+,16-,17-,23-/m0/s1. The van der Waals surface area contributed by atoms with E-state index in [2.05, 4.69) is 24.9 Å². The van der Waals surface area contributed by atoms with Gasteiger partial charge < -0.3 is 15.5 Å². The van der Waals surface area contributed by atoms with Gasteiger partial charge >= 0.3 is 0 Å². The van der Waals surface area contributed by atoms with Gasteiger partial charge in [0.25, 0.3) is 0 Å². The largest absolute Gasteiger partial charge is 0.504 e. The number of hydrogen-bond acceptors (Lipinski definition) is 7. The van der Waals surface area contributed by atoms with Crippen molar-refractivity contribution in [1.82, 2.24) is 5.32 Å². The number of ketones is 1. The van der Waals surface area contributed by atoms with Crippen molar-refractivity contribution in [1.29, 1.82) is 0 Å². The van der Waals surface area contributed by atoms with Gasteiger partial charge in [-0.1, -0.05) is 6.92 Å². The first-order valence-electron chi connectivity index (χ1n) is 10.9. The summed E-state index contributed by atoms with van der Waals surface area (Å²) < 4.78 is 0. The average Bonchev–Trinajstić information content (AvgIpc) is 3.04. The van der Waals surface area contributed by atoms with Crippen molar-refractivity contribution in [3.8, 4) is 11.5 Å². The Hall–Kier alpha value is -1.67. The van der Waals surface area contributed by atoms with Gasteiger partial charge in [0.2, 0.25) is 11.0 Å². The molecule has 6 nitrogen and oxygen atoms in total. The van der Waals surface area contributed by atoms with E-state index in [0.29, 0.717) is 35.4 Å². The summed E-state index contributed by atoms with van der Waals surface area (Å²) in [5.74, 6) is 0.704. The second kappa shape index (κ2) is 8.35. The van der Waals surface area contributed by atoms with Gasteiger partial charge in [-0.2, -0.15) is 12.6 Å². The topological polar surface area (TPSA) is 104 Å². The van der Waals surface area contributed by atoms with E-state index in [9.17, 15) is 24.6 Å².